The van der Waals surface area contributed by atoms with Gasteiger partial charge in [0, 0.05) is 61.5 Å². The number of pyridine rings is 1. The number of aryl methyl sites for hydroxylation is 1. The second kappa shape index (κ2) is 9.43. The Kier molecular flexibility index (Phi) is 6.22. The molecule has 172 valence electrons. The molecule has 2 fully saturated rings. The molecule has 1 aromatic carbocycles. The summed E-state index contributed by atoms with van der Waals surface area (Å²) in [6, 6.07) is 8.30. The normalized spacial score (nSPS) is 17.7. The van der Waals surface area contributed by atoms with Crippen molar-refractivity contribution in [2.24, 2.45) is 13.0 Å². The van der Waals surface area contributed by atoms with E-state index in [4.69, 9.17) is 0 Å². The van der Waals surface area contributed by atoms with E-state index in [1.165, 1.54) is 12.8 Å². The maximum atomic E-state index is 13.0. The van der Waals surface area contributed by atoms with Crippen molar-refractivity contribution in [1.29, 1.82) is 0 Å². The predicted molar refractivity (Wildman–Crippen MR) is 128 cm³/mol. The zero-order valence-electron chi connectivity index (χ0n) is 19.2. The average molecular weight is 446 g/mol. The van der Waals surface area contributed by atoms with E-state index in [2.05, 4.69) is 33.2 Å². The lowest BCUT2D eigenvalue weighted by Crippen LogP contribution is -2.44. The quantitative estimate of drug-likeness (QED) is 0.583. The lowest BCUT2D eigenvalue weighted by atomic mass is 9.90. The van der Waals surface area contributed by atoms with Crippen molar-refractivity contribution >= 4 is 22.5 Å². The molecule has 0 N–H and O–H groups in total. The van der Waals surface area contributed by atoms with Gasteiger partial charge in [0.25, 0.3) is 0 Å². The second-order valence-corrected chi connectivity index (χ2v) is 9.42. The van der Waals surface area contributed by atoms with Crippen LogP contribution in [0.25, 0.3) is 21.9 Å². The largest absolute Gasteiger partial charge is 0.342 e. The van der Waals surface area contributed by atoms with E-state index < -0.39 is 0 Å². The number of piperidine rings is 1. The zero-order chi connectivity index (χ0) is 22.8. The van der Waals surface area contributed by atoms with Crippen LogP contribution in [0.15, 0.2) is 42.9 Å². The number of rotatable bonds is 6. The summed E-state index contributed by atoms with van der Waals surface area (Å²) >= 11 is 0. The van der Waals surface area contributed by atoms with Crippen LogP contribution in [0.1, 0.15) is 31.4 Å². The molecule has 7 heteroatoms. The number of nitrogens with zero attached hydrogens (tertiary/aromatic N) is 5. The predicted octanol–water partition coefficient (Wildman–Crippen LogP) is 3.08. The first kappa shape index (κ1) is 21.8. The number of ketones is 1. The highest BCUT2D eigenvalue weighted by Gasteiger charge is 2.28. The third-order valence-electron chi connectivity index (χ3n) is 7.03. The number of Topliss-reactive ketones (excluding diaryl/α,β-unsaturated/α-hetero) is 1. The second-order valence-electron chi connectivity index (χ2n) is 9.42. The van der Waals surface area contributed by atoms with E-state index >= 15 is 0 Å². The molecular weight excluding hydrogens is 414 g/mol. The van der Waals surface area contributed by atoms with Crippen molar-refractivity contribution in [3.05, 3.63) is 48.5 Å². The molecule has 0 radical (unpaired) electrons. The van der Waals surface area contributed by atoms with Crippen molar-refractivity contribution in [2.45, 2.75) is 32.1 Å². The first-order chi connectivity index (χ1) is 16.0. The van der Waals surface area contributed by atoms with Gasteiger partial charge in [-0.25, -0.2) is 0 Å². The first-order valence-corrected chi connectivity index (χ1v) is 12.0. The number of fused-ring (bicyclic) bond motifs is 1. The van der Waals surface area contributed by atoms with E-state index in [0.29, 0.717) is 26.1 Å². The molecule has 2 aliphatic rings. The topological polar surface area (TPSA) is 71.3 Å². The summed E-state index contributed by atoms with van der Waals surface area (Å²) in [7, 11) is 1.91. The number of hydrogen-bond donors (Lipinski definition) is 0. The Labute approximate surface area is 194 Å². The molecular formula is C26H31N5O2. The first-order valence-electron chi connectivity index (χ1n) is 12.0. The van der Waals surface area contributed by atoms with Crippen molar-refractivity contribution < 1.29 is 9.59 Å². The SMILES string of the molecule is Cn1cc(-c2ccc3cnc(CC(=O)C4CCN(C(=O)CN5CCCC5)CC4)cc3c2)cn1. The van der Waals surface area contributed by atoms with Crippen LogP contribution in [-0.4, -0.2) is 69.0 Å². The highest BCUT2D eigenvalue weighted by atomic mass is 16.2. The molecule has 0 bridgehead atoms. The monoisotopic (exact) mass is 445 g/mol. The average Bonchev–Trinajstić information content (AvgIpc) is 3.50. The Morgan fingerprint density at radius 3 is 2.48 bits per heavy atom. The van der Waals surface area contributed by atoms with Crippen LogP contribution in [0.5, 0.6) is 0 Å². The van der Waals surface area contributed by atoms with Crippen LogP contribution in [0.2, 0.25) is 0 Å². The van der Waals surface area contributed by atoms with Gasteiger partial charge in [-0.2, -0.15) is 5.10 Å². The van der Waals surface area contributed by atoms with Crippen LogP contribution in [0.3, 0.4) is 0 Å². The van der Waals surface area contributed by atoms with Gasteiger partial charge in [0.15, 0.2) is 0 Å². The molecule has 5 rings (SSSR count). The van der Waals surface area contributed by atoms with E-state index in [-0.39, 0.29) is 17.6 Å². The van der Waals surface area contributed by atoms with E-state index in [1.807, 2.05) is 36.6 Å². The Hall–Kier alpha value is -3.06. The molecule has 0 aliphatic carbocycles. The molecule has 1 amide bonds. The fourth-order valence-corrected chi connectivity index (χ4v) is 5.04. The summed E-state index contributed by atoms with van der Waals surface area (Å²) < 4.78 is 1.79. The van der Waals surface area contributed by atoms with Gasteiger partial charge >= 0.3 is 0 Å². The number of benzene rings is 1. The Balaban J connectivity index is 1.19. The van der Waals surface area contributed by atoms with Gasteiger partial charge in [0.2, 0.25) is 5.91 Å². The van der Waals surface area contributed by atoms with Crippen LogP contribution < -0.4 is 0 Å². The number of likely N-dealkylation sites (tertiary alicyclic amines) is 2. The van der Waals surface area contributed by atoms with Crippen molar-refractivity contribution in [3.8, 4) is 11.1 Å². The molecule has 2 aromatic heterocycles. The number of hydrogen-bond acceptors (Lipinski definition) is 5. The molecule has 4 heterocycles. The molecule has 33 heavy (non-hydrogen) atoms. The number of amides is 1. The van der Waals surface area contributed by atoms with Gasteiger partial charge in [-0.1, -0.05) is 12.1 Å². The van der Waals surface area contributed by atoms with Gasteiger partial charge in [-0.3, -0.25) is 24.2 Å². The minimum Gasteiger partial charge on any atom is -0.342 e. The van der Waals surface area contributed by atoms with E-state index in [0.717, 1.165) is 53.5 Å². The summed E-state index contributed by atoms with van der Waals surface area (Å²) in [5.74, 6) is 0.459. The highest BCUT2D eigenvalue weighted by Crippen LogP contribution is 2.25. The van der Waals surface area contributed by atoms with Gasteiger partial charge in [-0.15, -0.1) is 0 Å². The molecule has 0 unspecified atom stereocenters. The standard InChI is InChI=1S/C26H31N5O2/c1-29-17-23(16-28-29)20-4-5-21-15-27-24(13-22(21)12-20)14-25(32)19-6-10-31(11-7-19)26(33)18-30-8-2-3-9-30/h4-5,12-13,15-17,19H,2-3,6-11,14,18H2,1H3. The molecule has 2 saturated heterocycles. The van der Waals surface area contributed by atoms with Gasteiger partial charge < -0.3 is 4.90 Å². The summed E-state index contributed by atoms with van der Waals surface area (Å²) in [5.41, 5.74) is 2.98. The molecule has 0 saturated carbocycles. The molecule has 0 atom stereocenters. The maximum Gasteiger partial charge on any atom is 0.236 e. The Morgan fingerprint density at radius 1 is 0.970 bits per heavy atom. The lowest BCUT2D eigenvalue weighted by molar-refractivity contribution is -0.135. The highest BCUT2D eigenvalue weighted by molar-refractivity contribution is 5.89. The van der Waals surface area contributed by atoms with Crippen molar-refractivity contribution in [3.63, 3.8) is 0 Å². The van der Waals surface area contributed by atoms with E-state index in [1.54, 1.807) is 4.68 Å². The fourth-order valence-electron chi connectivity index (χ4n) is 5.04. The Bertz CT molecular complexity index is 1160. The van der Waals surface area contributed by atoms with Gasteiger partial charge in [0.05, 0.1) is 12.7 Å². The van der Waals surface area contributed by atoms with Gasteiger partial charge in [0.1, 0.15) is 5.78 Å². The van der Waals surface area contributed by atoms with Crippen LogP contribution >= 0.6 is 0 Å². The smallest absolute Gasteiger partial charge is 0.236 e. The van der Waals surface area contributed by atoms with Crippen molar-refractivity contribution in [1.82, 2.24) is 24.6 Å². The minimum atomic E-state index is 0.0139. The van der Waals surface area contributed by atoms with Crippen molar-refractivity contribution in [2.75, 3.05) is 32.7 Å². The fraction of sp³-hybridized carbons (Fsp3) is 0.462. The zero-order valence-corrected chi connectivity index (χ0v) is 19.2. The lowest BCUT2D eigenvalue weighted by Gasteiger charge is -2.32. The molecule has 2 aliphatic heterocycles. The molecule has 3 aromatic rings. The number of carbonyl (C=O) groups is 2. The summed E-state index contributed by atoms with van der Waals surface area (Å²) in [6.07, 6.45) is 9.94. The van der Waals surface area contributed by atoms with Crippen LogP contribution in [0, 0.1) is 5.92 Å². The number of carbonyl (C=O) groups excluding carboxylic acids is 2. The van der Waals surface area contributed by atoms with E-state index in [9.17, 15) is 9.59 Å². The maximum absolute atomic E-state index is 13.0. The summed E-state index contributed by atoms with van der Waals surface area (Å²) in [4.78, 5) is 34.3. The van der Waals surface area contributed by atoms with Crippen LogP contribution in [-0.2, 0) is 23.1 Å². The summed E-state index contributed by atoms with van der Waals surface area (Å²) in [5, 5.41) is 6.40. The third-order valence-corrected chi connectivity index (χ3v) is 7.03. The van der Waals surface area contributed by atoms with Crippen LogP contribution in [0.4, 0.5) is 0 Å². The van der Waals surface area contributed by atoms with Gasteiger partial charge in [-0.05, 0) is 61.9 Å². The molecule has 7 nitrogen and oxygen atoms in total. The summed E-state index contributed by atoms with van der Waals surface area (Å²) in [6.45, 7) is 3.96. The number of aromatic nitrogens is 3. The minimum absolute atomic E-state index is 0.0139. The Morgan fingerprint density at radius 2 is 1.76 bits per heavy atom. The third kappa shape index (κ3) is 4.98. The molecule has 0 spiro atoms.